The highest BCUT2D eigenvalue weighted by Crippen LogP contribution is 2.12. The molecule has 1 rings (SSSR count). The molecule has 0 unspecified atom stereocenters. The van der Waals surface area contributed by atoms with Gasteiger partial charge in [0.15, 0.2) is 0 Å². The summed E-state index contributed by atoms with van der Waals surface area (Å²) >= 11 is 0. The second kappa shape index (κ2) is 6.68. The van der Waals surface area contributed by atoms with Crippen LogP contribution in [-0.4, -0.2) is 25.5 Å². The molecule has 1 aromatic rings. The summed E-state index contributed by atoms with van der Waals surface area (Å²) < 4.78 is 26.3. The van der Waals surface area contributed by atoms with Crippen molar-refractivity contribution in [3.8, 4) is 0 Å². The van der Waals surface area contributed by atoms with Crippen LogP contribution in [0.2, 0.25) is 0 Å². The fourth-order valence-corrected chi connectivity index (χ4v) is 2.90. The minimum Gasteiger partial charge on any atom is -0.480 e. The van der Waals surface area contributed by atoms with E-state index in [1.165, 1.54) is 12.1 Å². The fourth-order valence-electron chi connectivity index (χ4n) is 1.68. The van der Waals surface area contributed by atoms with Crippen molar-refractivity contribution in [3.63, 3.8) is 0 Å². The van der Waals surface area contributed by atoms with Gasteiger partial charge >= 0.3 is 5.97 Å². The predicted octanol–water partition coefficient (Wildman–Crippen LogP) is 1.78. The van der Waals surface area contributed by atoms with Crippen molar-refractivity contribution < 1.29 is 18.3 Å². The van der Waals surface area contributed by atoms with Gasteiger partial charge in [-0.2, -0.15) is 4.72 Å². The van der Waals surface area contributed by atoms with E-state index in [1.807, 2.05) is 6.92 Å². The molecule has 1 aromatic carbocycles. The lowest BCUT2D eigenvalue weighted by molar-refractivity contribution is -0.139. The summed E-state index contributed by atoms with van der Waals surface area (Å²) in [6, 6.07) is 5.35. The first-order chi connectivity index (χ1) is 8.90. The molecule has 0 amide bonds. The molecule has 0 aliphatic rings. The molecule has 0 aliphatic heterocycles. The Hall–Kier alpha value is -1.40. The standard InChI is InChI=1S/C13H19NO4S/c1-3-5-12(13(15)16)14-19(17,18)11-8-6-10(4-2)7-9-11/h6-9,12,14H,3-5H2,1-2H3,(H,15,16)/t12-/m1/s1. The van der Waals surface area contributed by atoms with Crippen molar-refractivity contribution >= 4 is 16.0 Å². The van der Waals surface area contributed by atoms with Crippen molar-refractivity contribution in [2.24, 2.45) is 0 Å². The number of benzene rings is 1. The lowest BCUT2D eigenvalue weighted by atomic mass is 10.2. The van der Waals surface area contributed by atoms with E-state index in [0.717, 1.165) is 12.0 Å². The SMILES string of the molecule is CCC[C@@H](NS(=O)(=O)c1ccc(CC)cc1)C(=O)O. The molecule has 1 atom stereocenters. The molecule has 0 aliphatic carbocycles. The van der Waals surface area contributed by atoms with Crippen LogP contribution in [0.1, 0.15) is 32.3 Å². The summed E-state index contributed by atoms with van der Waals surface area (Å²) in [6.45, 7) is 3.78. The number of rotatable bonds is 7. The number of sulfonamides is 1. The van der Waals surface area contributed by atoms with Crippen LogP contribution in [0.5, 0.6) is 0 Å². The Morgan fingerprint density at radius 1 is 1.26 bits per heavy atom. The normalized spacial score (nSPS) is 13.2. The number of carboxylic acids is 1. The highest BCUT2D eigenvalue weighted by atomic mass is 32.2. The number of carbonyl (C=O) groups is 1. The van der Waals surface area contributed by atoms with Crippen LogP contribution in [0.15, 0.2) is 29.2 Å². The quantitative estimate of drug-likeness (QED) is 0.800. The van der Waals surface area contributed by atoms with Gasteiger partial charge in [0, 0.05) is 0 Å². The predicted molar refractivity (Wildman–Crippen MR) is 72.5 cm³/mol. The van der Waals surface area contributed by atoms with E-state index in [-0.39, 0.29) is 11.3 Å². The van der Waals surface area contributed by atoms with Gasteiger partial charge in [-0.15, -0.1) is 0 Å². The number of aliphatic carboxylic acids is 1. The van der Waals surface area contributed by atoms with Gasteiger partial charge < -0.3 is 5.11 Å². The summed E-state index contributed by atoms with van der Waals surface area (Å²) in [6.07, 6.45) is 1.68. The maximum Gasteiger partial charge on any atom is 0.321 e. The molecule has 0 heterocycles. The first-order valence-corrected chi connectivity index (χ1v) is 7.73. The highest BCUT2D eigenvalue weighted by molar-refractivity contribution is 7.89. The largest absolute Gasteiger partial charge is 0.480 e. The molecule has 2 N–H and O–H groups in total. The zero-order valence-corrected chi connectivity index (χ0v) is 11.9. The maximum absolute atomic E-state index is 12.0. The van der Waals surface area contributed by atoms with Crippen LogP contribution < -0.4 is 4.72 Å². The topological polar surface area (TPSA) is 83.5 Å². The third-order valence-corrected chi connectivity index (χ3v) is 4.30. The molecule has 0 aromatic heterocycles. The average molecular weight is 285 g/mol. The third-order valence-electron chi connectivity index (χ3n) is 2.81. The highest BCUT2D eigenvalue weighted by Gasteiger charge is 2.24. The molecule has 0 spiro atoms. The van der Waals surface area contributed by atoms with Crippen molar-refractivity contribution in [1.29, 1.82) is 0 Å². The number of hydrogen-bond acceptors (Lipinski definition) is 3. The molecule has 5 nitrogen and oxygen atoms in total. The lowest BCUT2D eigenvalue weighted by Crippen LogP contribution is -2.40. The van der Waals surface area contributed by atoms with Crippen LogP contribution in [0.3, 0.4) is 0 Å². The molecule has 0 saturated carbocycles. The van der Waals surface area contributed by atoms with Gasteiger partial charge in [0.2, 0.25) is 10.0 Å². The van der Waals surface area contributed by atoms with E-state index in [2.05, 4.69) is 4.72 Å². The van der Waals surface area contributed by atoms with Crippen LogP contribution in [0, 0.1) is 0 Å². The van der Waals surface area contributed by atoms with Crippen LogP contribution in [0.4, 0.5) is 0 Å². The van der Waals surface area contributed by atoms with Gasteiger partial charge in [-0.25, -0.2) is 8.42 Å². The van der Waals surface area contributed by atoms with Crippen LogP contribution in [0.25, 0.3) is 0 Å². The van der Waals surface area contributed by atoms with E-state index in [4.69, 9.17) is 5.11 Å². The third kappa shape index (κ3) is 4.33. The van der Waals surface area contributed by atoms with Gasteiger partial charge in [0.1, 0.15) is 6.04 Å². The summed E-state index contributed by atoms with van der Waals surface area (Å²) in [4.78, 5) is 11.1. The van der Waals surface area contributed by atoms with E-state index >= 15 is 0 Å². The Morgan fingerprint density at radius 3 is 2.26 bits per heavy atom. The molecule has 106 valence electrons. The van der Waals surface area contributed by atoms with E-state index in [9.17, 15) is 13.2 Å². The Morgan fingerprint density at radius 2 is 1.84 bits per heavy atom. The van der Waals surface area contributed by atoms with E-state index < -0.39 is 22.0 Å². The van der Waals surface area contributed by atoms with Gasteiger partial charge in [0.05, 0.1) is 4.90 Å². The first-order valence-electron chi connectivity index (χ1n) is 6.24. The molecule has 6 heteroatoms. The molecule has 0 bridgehead atoms. The number of aryl methyl sites for hydroxylation is 1. The van der Waals surface area contributed by atoms with E-state index in [0.29, 0.717) is 6.42 Å². The Bertz CT molecular complexity index is 522. The molecular weight excluding hydrogens is 266 g/mol. The average Bonchev–Trinajstić information content (AvgIpc) is 2.38. The van der Waals surface area contributed by atoms with E-state index in [1.54, 1.807) is 19.1 Å². The van der Waals surface area contributed by atoms with Gasteiger partial charge in [0.25, 0.3) is 0 Å². The molecule has 19 heavy (non-hydrogen) atoms. The Balaban J connectivity index is 2.92. The number of carboxylic acid groups (broad SMARTS) is 1. The van der Waals surface area contributed by atoms with Crippen LogP contribution >= 0.6 is 0 Å². The second-order valence-corrected chi connectivity index (χ2v) is 6.01. The molecular formula is C13H19NO4S. The molecule has 0 saturated heterocycles. The van der Waals surface area contributed by atoms with Gasteiger partial charge in [-0.3, -0.25) is 4.79 Å². The van der Waals surface area contributed by atoms with Gasteiger partial charge in [-0.1, -0.05) is 32.4 Å². The molecule has 0 radical (unpaired) electrons. The Kier molecular flexibility index (Phi) is 5.50. The van der Waals surface area contributed by atoms with Crippen molar-refractivity contribution in [3.05, 3.63) is 29.8 Å². The Labute approximate surface area is 113 Å². The number of hydrogen-bond donors (Lipinski definition) is 2. The molecule has 0 fully saturated rings. The smallest absolute Gasteiger partial charge is 0.321 e. The first kappa shape index (κ1) is 15.7. The lowest BCUT2D eigenvalue weighted by Gasteiger charge is -2.14. The van der Waals surface area contributed by atoms with Gasteiger partial charge in [-0.05, 0) is 30.5 Å². The fraction of sp³-hybridized carbons (Fsp3) is 0.462. The van der Waals surface area contributed by atoms with Crippen molar-refractivity contribution in [1.82, 2.24) is 4.72 Å². The minimum atomic E-state index is -3.78. The summed E-state index contributed by atoms with van der Waals surface area (Å²) in [5.74, 6) is -1.16. The van der Waals surface area contributed by atoms with Crippen molar-refractivity contribution in [2.75, 3.05) is 0 Å². The monoisotopic (exact) mass is 285 g/mol. The van der Waals surface area contributed by atoms with Crippen molar-refractivity contribution in [2.45, 2.75) is 44.0 Å². The zero-order chi connectivity index (χ0) is 14.5. The summed E-state index contributed by atoms with van der Waals surface area (Å²) in [5, 5.41) is 8.97. The second-order valence-electron chi connectivity index (χ2n) is 4.30. The number of nitrogens with one attached hydrogen (secondary N) is 1. The maximum atomic E-state index is 12.0. The zero-order valence-electron chi connectivity index (χ0n) is 11.1. The minimum absolute atomic E-state index is 0.0899. The summed E-state index contributed by atoms with van der Waals surface area (Å²) in [5.41, 5.74) is 1.03. The van der Waals surface area contributed by atoms with Crippen LogP contribution in [-0.2, 0) is 21.2 Å². The summed E-state index contributed by atoms with van der Waals surface area (Å²) in [7, 11) is -3.78.